The summed E-state index contributed by atoms with van der Waals surface area (Å²) in [6, 6.07) is 12.0. The van der Waals surface area contributed by atoms with E-state index in [1.165, 1.54) is 16.8 Å². The lowest BCUT2D eigenvalue weighted by Gasteiger charge is -2.20. The maximum Gasteiger partial charge on any atom is 0.275 e. The van der Waals surface area contributed by atoms with Crippen molar-refractivity contribution in [1.82, 2.24) is 19.9 Å². The second-order valence-electron chi connectivity index (χ2n) is 6.77. The van der Waals surface area contributed by atoms with Crippen LogP contribution in [0.2, 0.25) is 5.02 Å². The van der Waals surface area contributed by atoms with Crippen LogP contribution in [-0.2, 0) is 13.0 Å². The Bertz CT molecular complexity index is 998. The molecule has 144 valence electrons. The molecular formula is C20H18ClFN4O2. The maximum absolute atomic E-state index is 13.2. The Morgan fingerprint density at radius 1 is 1.36 bits per heavy atom. The molecule has 0 saturated heterocycles. The van der Waals surface area contributed by atoms with Crippen LogP contribution in [0.25, 0.3) is 0 Å². The number of para-hydroxylation sites is 1. The molecule has 1 unspecified atom stereocenters. The van der Waals surface area contributed by atoms with Crippen LogP contribution in [0, 0.1) is 5.82 Å². The van der Waals surface area contributed by atoms with E-state index < -0.39 is 5.82 Å². The molecule has 1 amide bonds. The predicted octanol–water partition coefficient (Wildman–Crippen LogP) is 3.19. The van der Waals surface area contributed by atoms with Gasteiger partial charge in [-0.25, -0.2) is 9.07 Å². The minimum absolute atomic E-state index is 0.0839. The first kappa shape index (κ1) is 18.4. The highest BCUT2D eigenvalue weighted by Gasteiger charge is 2.26. The number of nitrogens with zero attached hydrogens (tertiary/aromatic N) is 4. The normalized spacial score (nSPS) is 15.2. The SMILES string of the molecule is CN(CC1Cc2ccccc2O1)C(=O)c1cn(Cc2ccc(F)cc2Cl)nn1. The van der Waals surface area contributed by atoms with Gasteiger partial charge in [0.1, 0.15) is 17.7 Å². The zero-order valence-corrected chi connectivity index (χ0v) is 15.9. The number of likely N-dealkylation sites (N-methyl/N-ethyl adjacent to an activating group) is 1. The van der Waals surface area contributed by atoms with E-state index >= 15 is 0 Å². The van der Waals surface area contributed by atoms with E-state index in [1.54, 1.807) is 24.2 Å². The van der Waals surface area contributed by atoms with Crippen molar-refractivity contribution in [2.75, 3.05) is 13.6 Å². The number of benzene rings is 2. The molecule has 4 rings (SSSR count). The maximum atomic E-state index is 13.2. The zero-order valence-electron chi connectivity index (χ0n) is 15.2. The lowest BCUT2D eigenvalue weighted by Crippen LogP contribution is -2.36. The summed E-state index contributed by atoms with van der Waals surface area (Å²) in [5.41, 5.74) is 2.07. The monoisotopic (exact) mass is 400 g/mol. The van der Waals surface area contributed by atoms with E-state index in [2.05, 4.69) is 10.3 Å². The van der Waals surface area contributed by atoms with E-state index in [0.717, 1.165) is 17.7 Å². The molecule has 0 radical (unpaired) electrons. The number of carbonyl (C=O) groups is 1. The third kappa shape index (κ3) is 3.84. The molecule has 28 heavy (non-hydrogen) atoms. The van der Waals surface area contributed by atoms with Gasteiger partial charge in [-0.3, -0.25) is 4.79 Å². The molecule has 0 saturated carbocycles. The van der Waals surface area contributed by atoms with Crippen molar-refractivity contribution in [3.63, 3.8) is 0 Å². The van der Waals surface area contributed by atoms with E-state index in [-0.39, 0.29) is 17.7 Å². The number of fused-ring (bicyclic) bond motifs is 1. The minimum atomic E-state index is -0.402. The fraction of sp³-hybridized carbons (Fsp3) is 0.250. The molecule has 1 aliphatic heterocycles. The van der Waals surface area contributed by atoms with E-state index in [1.807, 2.05) is 24.3 Å². The van der Waals surface area contributed by atoms with E-state index in [0.29, 0.717) is 23.7 Å². The predicted molar refractivity (Wildman–Crippen MR) is 102 cm³/mol. The Morgan fingerprint density at radius 3 is 2.96 bits per heavy atom. The molecule has 3 aromatic rings. The third-order valence-corrected chi connectivity index (χ3v) is 5.00. The van der Waals surface area contributed by atoms with Gasteiger partial charge in [0.15, 0.2) is 5.69 Å². The summed E-state index contributed by atoms with van der Waals surface area (Å²) in [4.78, 5) is 14.2. The van der Waals surface area contributed by atoms with Crippen LogP contribution in [0.4, 0.5) is 4.39 Å². The molecule has 0 fully saturated rings. The van der Waals surface area contributed by atoms with Gasteiger partial charge in [-0.2, -0.15) is 0 Å². The molecule has 1 aliphatic rings. The van der Waals surface area contributed by atoms with Crippen molar-refractivity contribution >= 4 is 17.5 Å². The molecule has 0 bridgehead atoms. The van der Waals surface area contributed by atoms with Gasteiger partial charge < -0.3 is 9.64 Å². The lowest BCUT2D eigenvalue weighted by molar-refractivity contribution is 0.0724. The first-order valence-electron chi connectivity index (χ1n) is 8.83. The van der Waals surface area contributed by atoms with Crippen molar-refractivity contribution < 1.29 is 13.9 Å². The average Bonchev–Trinajstić information content (AvgIpc) is 3.29. The topological polar surface area (TPSA) is 60.2 Å². The number of hydrogen-bond donors (Lipinski definition) is 0. The van der Waals surface area contributed by atoms with Crippen LogP contribution >= 0.6 is 11.6 Å². The lowest BCUT2D eigenvalue weighted by atomic mass is 10.1. The number of amides is 1. The van der Waals surface area contributed by atoms with Gasteiger partial charge in [-0.1, -0.05) is 41.1 Å². The second kappa shape index (κ2) is 7.59. The molecule has 0 N–H and O–H groups in total. The van der Waals surface area contributed by atoms with Crippen molar-refractivity contribution in [3.8, 4) is 5.75 Å². The molecule has 2 heterocycles. The Hall–Kier alpha value is -2.93. The van der Waals surface area contributed by atoms with Gasteiger partial charge in [-0.05, 0) is 29.3 Å². The van der Waals surface area contributed by atoms with Crippen LogP contribution in [0.1, 0.15) is 21.6 Å². The third-order valence-electron chi connectivity index (χ3n) is 4.64. The van der Waals surface area contributed by atoms with Crippen LogP contribution in [0.3, 0.4) is 0 Å². The molecular weight excluding hydrogens is 383 g/mol. The summed E-state index contributed by atoms with van der Waals surface area (Å²) in [5.74, 6) is 0.229. The molecule has 1 atom stereocenters. The van der Waals surface area contributed by atoms with Crippen LogP contribution in [0.5, 0.6) is 5.75 Å². The van der Waals surface area contributed by atoms with Crippen molar-refractivity contribution in [2.24, 2.45) is 0 Å². The number of carbonyl (C=O) groups excluding carboxylic acids is 1. The number of rotatable bonds is 5. The summed E-state index contributed by atoms with van der Waals surface area (Å²) in [6.45, 7) is 0.744. The number of hydrogen-bond acceptors (Lipinski definition) is 4. The molecule has 6 nitrogen and oxygen atoms in total. The Balaban J connectivity index is 1.39. The van der Waals surface area contributed by atoms with Gasteiger partial charge in [-0.15, -0.1) is 5.10 Å². The second-order valence-corrected chi connectivity index (χ2v) is 7.18. The quantitative estimate of drug-likeness (QED) is 0.660. The molecule has 8 heteroatoms. The Kier molecular flexibility index (Phi) is 5.00. The van der Waals surface area contributed by atoms with Crippen LogP contribution in [-0.4, -0.2) is 45.5 Å². The van der Waals surface area contributed by atoms with Crippen LogP contribution < -0.4 is 4.74 Å². The van der Waals surface area contributed by atoms with E-state index in [9.17, 15) is 9.18 Å². The molecule has 0 spiro atoms. The smallest absolute Gasteiger partial charge is 0.275 e. The summed E-state index contributed by atoms with van der Waals surface area (Å²) in [6.07, 6.45) is 2.24. The van der Waals surface area contributed by atoms with Gasteiger partial charge in [0.25, 0.3) is 5.91 Å². The number of ether oxygens (including phenoxy) is 1. The average molecular weight is 401 g/mol. The Morgan fingerprint density at radius 2 is 2.18 bits per heavy atom. The minimum Gasteiger partial charge on any atom is -0.488 e. The highest BCUT2D eigenvalue weighted by atomic mass is 35.5. The standard InChI is InChI=1S/C20H18ClFN4O2/c1-25(11-16-8-13-4-2-3-5-19(13)28-16)20(27)18-12-26(24-23-18)10-14-6-7-15(22)9-17(14)21/h2-7,9,12,16H,8,10-11H2,1H3. The largest absolute Gasteiger partial charge is 0.488 e. The van der Waals surface area contributed by atoms with Crippen molar-refractivity contribution in [1.29, 1.82) is 0 Å². The van der Waals surface area contributed by atoms with Gasteiger partial charge in [0.05, 0.1) is 19.3 Å². The Labute approximate surface area is 166 Å². The summed E-state index contributed by atoms with van der Waals surface area (Å²) in [5, 5.41) is 8.24. The fourth-order valence-electron chi connectivity index (χ4n) is 3.24. The summed E-state index contributed by atoms with van der Waals surface area (Å²) in [7, 11) is 1.71. The number of aromatic nitrogens is 3. The number of halogens is 2. The van der Waals surface area contributed by atoms with Gasteiger partial charge in [0, 0.05) is 18.5 Å². The summed E-state index contributed by atoms with van der Waals surface area (Å²) >= 11 is 6.04. The molecule has 2 aromatic carbocycles. The highest BCUT2D eigenvalue weighted by molar-refractivity contribution is 6.31. The fourth-order valence-corrected chi connectivity index (χ4v) is 3.46. The molecule has 1 aromatic heterocycles. The first-order chi connectivity index (χ1) is 13.5. The van der Waals surface area contributed by atoms with Gasteiger partial charge in [0.2, 0.25) is 0 Å². The highest BCUT2D eigenvalue weighted by Crippen LogP contribution is 2.28. The zero-order chi connectivity index (χ0) is 19.7. The molecule has 0 aliphatic carbocycles. The van der Waals surface area contributed by atoms with Crippen LogP contribution in [0.15, 0.2) is 48.7 Å². The first-order valence-corrected chi connectivity index (χ1v) is 9.21. The van der Waals surface area contributed by atoms with Crippen molar-refractivity contribution in [2.45, 2.75) is 19.1 Å². The summed E-state index contributed by atoms with van der Waals surface area (Å²) < 4.78 is 20.6. The van der Waals surface area contributed by atoms with Crippen molar-refractivity contribution in [3.05, 3.63) is 76.3 Å². The van der Waals surface area contributed by atoms with E-state index in [4.69, 9.17) is 16.3 Å². The van der Waals surface area contributed by atoms with Gasteiger partial charge >= 0.3 is 0 Å².